The second-order valence-corrected chi connectivity index (χ2v) is 18.3. The molecule has 0 spiro atoms. The molecule has 348 valence electrons. The summed E-state index contributed by atoms with van der Waals surface area (Å²) in [4.78, 5) is 108. The molecular weight excluding hydrogens is 794 g/mol. The first kappa shape index (κ1) is 54.2. The van der Waals surface area contributed by atoms with E-state index in [9.17, 15) is 38.4 Å². The summed E-state index contributed by atoms with van der Waals surface area (Å²) in [6.07, 6.45) is 2.72. The van der Waals surface area contributed by atoms with Crippen LogP contribution in [0.2, 0.25) is 0 Å². The molecule has 0 fully saturated rings. The summed E-state index contributed by atoms with van der Waals surface area (Å²) in [5.74, 6) is -6.06. The van der Waals surface area contributed by atoms with Crippen molar-refractivity contribution in [1.82, 2.24) is 37.2 Å². The fourth-order valence-electron chi connectivity index (χ4n) is 5.89. The van der Waals surface area contributed by atoms with Crippen LogP contribution in [0.25, 0.3) is 0 Å². The smallest absolute Gasteiger partial charge is 0.408 e. The molecule has 1 aliphatic rings. The van der Waals surface area contributed by atoms with Crippen molar-refractivity contribution in [1.29, 1.82) is 0 Å². The third-order valence-corrected chi connectivity index (χ3v) is 9.14. The summed E-state index contributed by atoms with van der Waals surface area (Å²) in [7, 11) is 1.20. The Morgan fingerprint density at radius 2 is 1.41 bits per heavy atom. The molecule has 0 aliphatic carbocycles. The lowest BCUT2D eigenvalue weighted by Gasteiger charge is -2.32. The van der Waals surface area contributed by atoms with Crippen LogP contribution in [0.3, 0.4) is 0 Å². The molecule has 0 radical (unpaired) electrons. The van der Waals surface area contributed by atoms with E-state index in [1.165, 1.54) is 21.0 Å². The van der Waals surface area contributed by atoms with Gasteiger partial charge in [-0.25, -0.2) is 9.59 Å². The molecule has 0 aromatic heterocycles. The van der Waals surface area contributed by atoms with E-state index in [-0.39, 0.29) is 51.1 Å². The lowest BCUT2D eigenvalue weighted by atomic mass is 9.97. The normalized spacial score (nSPS) is 23.0. The van der Waals surface area contributed by atoms with Gasteiger partial charge in [0.05, 0.1) is 33.5 Å². The molecule has 0 bridgehead atoms. The van der Waals surface area contributed by atoms with E-state index >= 15 is 0 Å². The minimum absolute atomic E-state index is 0.00860. The van der Waals surface area contributed by atoms with Gasteiger partial charge in [0, 0.05) is 0 Å². The van der Waals surface area contributed by atoms with Gasteiger partial charge in [-0.15, -0.1) is 0 Å². The molecule has 7 amide bonds. The molecule has 19 nitrogen and oxygen atoms in total. The Kier molecular flexibility index (Phi) is 22.4. The first-order valence-electron chi connectivity index (χ1n) is 20.9. The van der Waals surface area contributed by atoms with Crippen molar-refractivity contribution in [2.45, 2.75) is 150 Å². The van der Waals surface area contributed by atoms with E-state index in [0.717, 1.165) is 0 Å². The highest BCUT2D eigenvalue weighted by Crippen LogP contribution is 2.14. The fourth-order valence-corrected chi connectivity index (χ4v) is 5.89. The van der Waals surface area contributed by atoms with Crippen LogP contribution in [0.5, 0.6) is 0 Å². The maximum absolute atomic E-state index is 13.9. The Balaban J connectivity index is 3.60. The minimum Gasteiger partial charge on any atom is -0.467 e. The summed E-state index contributed by atoms with van der Waals surface area (Å²) in [5.41, 5.74) is -2.47. The highest BCUT2D eigenvalue weighted by atomic mass is 16.6. The summed E-state index contributed by atoms with van der Waals surface area (Å²) in [6, 6.07) is -7.14. The van der Waals surface area contributed by atoms with Gasteiger partial charge in [-0.3, -0.25) is 28.8 Å². The number of nitrogens with one attached hydrogen (secondary N) is 7. The second kappa shape index (κ2) is 25.2. The van der Waals surface area contributed by atoms with Crippen molar-refractivity contribution in [3.8, 4) is 0 Å². The van der Waals surface area contributed by atoms with E-state index < -0.39 is 107 Å². The topological polar surface area (TPSA) is 258 Å². The molecule has 6 atom stereocenters. The van der Waals surface area contributed by atoms with Gasteiger partial charge < -0.3 is 56.2 Å². The molecule has 19 heteroatoms. The summed E-state index contributed by atoms with van der Waals surface area (Å²) < 4.78 is 21.7. The predicted molar refractivity (Wildman–Crippen MR) is 226 cm³/mol. The molecule has 0 saturated heterocycles. The third kappa shape index (κ3) is 20.1. The zero-order valence-electron chi connectivity index (χ0n) is 38.6. The quantitative estimate of drug-likeness (QED) is 0.109. The highest BCUT2D eigenvalue weighted by molar-refractivity contribution is 5.98. The van der Waals surface area contributed by atoms with Crippen LogP contribution in [-0.2, 0) is 52.5 Å². The van der Waals surface area contributed by atoms with Crippen LogP contribution in [0.4, 0.5) is 4.79 Å². The molecule has 1 aliphatic heterocycles. The Labute approximate surface area is 361 Å². The van der Waals surface area contributed by atoms with Crippen LogP contribution in [0.15, 0.2) is 12.2 Å². The maximum atomic E-state index is 13.9. The first-order valence-corrected chi connectivity index (χ1v) is 20.9. The van der Waals surface area contributed by atoms with Crippen molar-refractivity contribution in [3.63, 3.8) is 0 Å². The summed E-state index contributed by atoms with van der Waals surface area (Å²) in [6.45, 7) is 21.3. The molecule has 1 rings (SSSR count). The van der Waals surface area contributed by atoms with Crippen molar-refractivity contribution in [2.24, 2.45) is 23.7 Å². The van der Waals surface area contributed by atoms with E-state index in [1.54, 1.807) is 60.6 Å². The Morgan fingerprint density at radius 3 is 1.92 bits per heavy atom. The Hall–Kier alpha value is -4.78. The minimum atomic E-state index is -1.63. The SMILES string of the molecule is COC(=O)[C@H](CC(C)C)NC(=O)C1COC/C=C/COC[C@H](NC(=O)[C@@H](NC(=O)OC(C)(C)C)C(C)C)C(=O)N[C@@H](CC(C)C)C(=O)NC(C)(C)C(=O)NC(C(C)C)C(=O)N1. The van der Waals surface area contributed by atoms with Gasteiger partial charge >= 0.3 is 12.1 Å². The molecule has 2 unspecified atom stereocenters. The fraction of sp³-hybridized carbons (Fsp3) is 0.762. The van der Waals surface area contributed by atoms with Crippen LogP contribution >= 0.6 is 0 Å². The van der Waals surface area contributed by atoms with E-state index in [0.29, 0.717) is 0 Å². The lowest BCUT2D eigenvalue weighted by molar-refractivity contribution is -0.146. The zero-order valence-corrected chi connectivity index (χ0v) is 38.6. The van der Waals surface area contributed by atoms with Gasteiger partial charge in [-0.05, 0) is 71.1 Å². The zero-order chi connectivity index (χ0) is 46.8. The number of amides is 7. The summed E-state index contributed by atoms with van der Waals surface area (Å²) in [5, 5.41) is 18.6. The van der Waals surface area contributed by atoms with Gasteiger partial charge in [0.25, 0.3) is 0 Å². The largest absolute Gasteiger partial charge is 0.467 e. The third-order valence-electron chi connectivity index (χ3n) is 9.14. The number of carbonyl (C=O) groups is 8. The van der Waals surface area contributed by atoms with Crippen molar-refractivity contribution < 1.29 is 57.3 Å². The molecule has 0 saturated carbocycles. The van der Waals surface area contributed by atoms with Crippen LogP contribution < -0.4 is 37.2 Å². The van der Waals surface area contributed by atoms with E-state index in [4.69, 9.17) is 18.9 Å². The van der Waals surface area contributed by atoms with E-state index in [1.807, 2.05) is 27.7 Å². The first-order chi connectivity index (χ1) is 28.2. The number of hydrogen-bond donors (Lipinski definition) is 7. The molecule has 1 heterocycles. The van der Waals surface area contributed by atoms with Crippen molar-refractivity contribution >= 4 is 47.5 Å². The number of hydrogen-bond acceptors (Lipinski definition) is 12. The van der Waals surface area contributed by atoms with Gasteiger partial charge in [0.15, 0.2) is 0 Å². The van der Waals surface area contributed by atoms with Crippen LogP contribution in [0.1, 0.15) is 103 Å². The Bertz CT molecular complexity index is 1540. The summed E-state index contributed by atoms with van der Waals surface area (Å²) >= 11 is 0. The van der Waals surface area contributed by atoms with Gasteiger partial charge in [0.2, 0.25) is 35.4 Å². The van der Waals surface area contributed by atoms with E-state index in [2.05, 4.69) is 37.2 Å². The number of rotatable bonds is 12. The monoisotopic (exact) mass is 868 g/mol. The van der Waals surface area contributed by atoms with Crippen LogP contribution in [0, 0.1) is 23.7 Å². The number of alkyl carbamates (subject to hydrolysis) is 1. The van der Waals surface area contributed by atoms with Gasteiger partial charge in [0.1, 0.15) is 47.4 Å². The van der Waals surface area contributed by atoms with Crippen molar-refractivity contribution in [2.75, 3.05) is 33.5 Å². The standard InChI is InChI=1S/C42H73N7O12/c1-23(2)19-27-35(52)49-42(12,13)39(56)47-31(25(5)6)36(53)45-30(34(51)44-28(20-24(3)4)38(55)58-14)22-60-18-16-15-17-59-21-29(33(50)43-27)46-37(54)32(26(7)8)48-40(57)61-41(9,10)11/h15-16,23-32H,17-22H2,1-14H3,(H,43,50)(H,44,51)(H,45,53)(H,46,54)(H,47,56)(H,48,57)(H,49,52)/b16-15+/t27-,28-,29-,30?,31?,32-/m0/s1. The highest BCUT2D eigenvalue weighted by Gasteiger charge is 2.39. The van der Waals surface area contributed by atoms with Gasteiger partial charge in [-0.2, -0.15) is 0 Å². The average Bonchev–Trinajstić information content (AvgIpc) is 3.12. The lowest BCUT2D eigenvalue weighted by Crippen LogP contribution is -2.64. The molecular formula is C42H73N7O12. The molecule has 7 N–H and O–H groups in total. The maximum Gasteiger partial charge on any atom is 0.408 e. The number of esters is 1. The molecule has 61 heavy (non-hydrogen) atoms. The van der Waals surface area contributed by atoms with Crippen LogP contribution in [-0.4, -0.2) is 128 Å². The van der Waals surface area contributed by atoms with Gasteiger partial charge in [-0.1, -0.05) is 67.5 Å². The molecule has 0 aromatic rings. The molecule has 0 aromatic carbocycles. The predicted octanol–water partition coefficient (Wildman–Crippen LogP) is 1.38. The number of ether oxygens (including phenoxy) is 4. The average molecular weight is 868 g/mol. The number of methoxy groups -OCH3 is 1. The number of carbonyl (C=O) groups excluding carboxylic acids is 8. The Morgan fingerprint density at radius 1 is 0.820 bits per heavy atom. The van der Waals surface area contributed by atoms with Crippen molar-refractivity contribution in [3.05, 3.63) is 12.2 Å². The second-order valence-electron chi connectivity index (χ2n) is 18.3.